The number of benzene rings is 2. The third kappa shape index (κ3) is 2.70. The van der Waals surface area contributed by atoms with E-state index < -0.39 is 0 Å². The number of hydrogen-bond acceptors (Lipinski definition) is 3. The number of carbonyl (C=O) groups excluding carboxylic acids is 1. The smallest absolute Gasteiger partial charge is 0.242 e. The van der Waals surface area contributed by atoms with Gasteiger partial charge in [0.25, 0.3) is 0 Å². The Balaban J connectivity index is 1.78. The van der Waals surface area contributed by atoms with Gasteiger partial charge < -0.3 is 4.74 Å². The van der Waals surface area contributed by atoms with Crippen molar-refractivity contribution in [2.45, 2.75) is 39.2 Å². The number of methoxy groups -OCH3 is 1. The monoisotopic (exact) mass is 348 g/mol. The SMILES string of the molecule is CCC(=O)N1N=C2c3ccc(OC)cc3CC[C@H]2[C@H]1c1ccc(C)cc1. The van der Waals surface area contributed by atoms with Gasteiger partial charge in [0.1, 0.15) is 5.75 Å². The van der Waals surface area contributed by atoms with Gasteiger partial charge in [-0.25, -0.2) is 5.01 Å². The number of hydrogen-bond donors (Lipinski definition) is 0. The van der Waals surface area contributed by atoms with Crippen LogP contribution in [0.4, 0.5) is 0 Å². The molecular weight excluding hydrogens is 324 g/mol. The van der Waals surface area contributed by atoms with Crippen molar-refractivity contribution in [2.75, 3.05) is 7.11 Å². The van der Waals surface area contributed by atoms with Crippen LogP contribution in [0.1, 0.15) is 48.1 Å². The van der Waals surface area contributed by atoms with E-state index in [4.69, 9.17) is 9.84 Å². The van der Waals surface area contributed by atoms with Gasteiger partial charge in [0.2, 0.25) is 5.91 Å². The minimum atomic E-state index is -0.00620. The number of hydrazone groups is 1. The van der Waals surface area contributed by atoms with Crippen molar-refractivity contribution in [1.82, 2.24) is 5.01 Å². The van der Waals surface area contributed by atoms with Crippen LogP contribution in [0.25, 0.3) is 0 Å². The molecule has 1 amide bonds. The fourth-order valence-electron chi connectivity index (χ4n) is 4.10. The Morgan fingerprint density at radius 3 is 2.69 bits per heavy atom. The van der Waals surface area contributed by atoms with E-state index in [2.05, 4.69) is 43.3 Å². The van der Waals surface area contributed by atoms with Crippen LogP contribution in [0.3, 0.4) is 0 Å². The van der Waals surface area contributed by atoms with Crippen LogP contribution >= 0.6 is 0 Å². The highest BCUT2D eigenvalue weighted by molar-refractivity contribution is 6.07. The van der Waals surface area contributed by atoms with Gasteiger partial charge in [0.15, 0.2) is 0 Å². The predicted octanol–water partition coefficient (Wildman–Crippen LogP) is 4.26. The summed E-state index contributed by atoms with van der Waals surface area (Å²) >= 11 is 0. The first-order chi connectivity index (χ1) is 12.6. The van der Waals surface area contributed by atoms with Crippen molar-refractivity contribution >= 4 is 11.6 Å². The van der Waals surface area contributed by atoms with Crippen LogP contribution in [0.5, 0.6) is 5.75 Å². The lowest BCUT2D eigenvalue weighted by Crippen LogP contribution is -2.31. The standard InChI is InChI=1S/C22H24N2O2/c1-4-20(25)24-22(15-7-5-14(2)6-8-15)19-11-9-16-13-17(26-3)10-12-18(16)21(19)23-24/h5-8,10,12-13,19,22H,4,9,11H2,1-3H3/t19-,22-/m1/s1. The second-order valence-electron chi connectivity index (χ2n) is 7.10. The van der Waals surface area contributed by atoms with E-state index in [0.717, 1.165) is 35.4 Å². The first kappa shape index (κ1) is 16.8. The van der Waals surface area contributed by atoms with Crippen molar-refractivity contribution in [3.8, 4) is 5.75 Å². The quantitative estimate of drug-likeness (QED) is 0.831. The second-order valence-corrected chi connectivity index (χ2v) is 7.10. The Morgan fingerprint density at radius 2 is 2.00 bits per heavy atom. The number of ether oxygens (including phenoxy) is 1. The molecule has 0 fully saturated rings. The molecule has 2 aromatic rings. The average molecular weight is 348 g/mol. The van der Waals surface area contributed by atoms with Gasteiger partial charge in [-0.15, -0.1) is 0 Å². The summed E-state index contributed by atoms with van der Waals surface area (Å²) in [6.07, 6.45) is 2.43. The van der Waals surface area contributed by atoms with E-state index in [-0.39, 0.29) is 17.9 Å². The highest BCUT2D eigenvalue weighted by Gasteiger charge is 2.43. The summed E-state index contributed by atoms with van der Waals surface area (Å²) < 4.78 is 5.37. The van der Waals surface area contributed by atoms with Crippen molar-refractivity contribution < 1.29 is 9.53 Å². The molecule has 2 aliphatic rings. The molecule has 0 saturated carbocycles. The molecule has 134 valence electrons. The number of carbonyl (C=O) groups is 1. The molecule has 0 bridgehead atoms. The van der Waals surface area contributed by atoms with Gasteiger partial charge >= 0.3 is 0 Å². The summed E-state index contributed by atoms with van der Waals surface area (Å²) in [6.45, 7) is 3.98. The summed E-state index contributed by atoms with van der Waals surface area (Å²) in [5, 5.41) is 6.54. The molecule has 0 radical (unpaired) electrons. The molecular formula is C22H24N2O2. The van der Waals surface area contributed by atoms with E-state index in [1.807, 2.05) is 13.0 Å². The summed E-state index contributed by atoms with van der Waals surface area (Å²) in [4.78, 5) is 12.6. The first-order valence-electron chi connectivity index (χ1n) is 9.26. The van der Waals surface area contributed by atoms with Gasteiger partial charge in [0.05, 0.1) is 18.9 Å². The zero-order chi connectivity index (χ0) is 18.3. The molecule has 1 heterocycles. The highest BCUT2D eigenvalue weighted by Crippen LogP contribution is 2.44. The Hall–Kier alpha value is -2.62. The lowest BCUT2D eigenvalue weighted by atomic mass is 9.77. The van der Waals surface area contributed by atoms with E-state index in [0.29, 0.717) is 6.42 Å². The Kier molecular flexibility index (Phi) is 4.27. The number of amides is 1. The molecule has 0 N–H and O–H groups in total. The van der Waals surface area contributed by atoms with Crippen LogP contribution in [0, 0.1) is 12.8 Å². The van der Waals surface area contributed by atoms with E-state index in [1.165, 1.54) is 11.1 Å². The van der Waals surface area contributed by atoms with Crippen molar-refractivity contribution in [2.24, 2.45) is 11.0 Å². The zero-order valence-electron chi connectivity index (χ0n) is 15.5. The maximum absolute atomic E-state index is 12.6. The molecule has 1 aliphatic carbocycles. The molecule has 0 saturated heterocycles. The Bertz CT molecular complexity index is 870. The average Bonchev–Trinajstić information content (AvgIpc) is 3.07. The molecule has 0 aromatic heterocycles. The first-order valence-corrected chi connectivity index (χ1v) is 9.26. The lowest BCUT2D eigenvalue weighted by Gasteiger charge is -2.29. The van der Waals surface area contributed by atoms with Gasteiger partial charge in [-0.1, -0.05) is 36.8 Å². The van der Waals surface area contributed by atoms with Crippen LogP contribution in [0.2, 0.25) is 0 Å². The molecule has 26 heavy (non-hydrogen) atoms. The number of aryl methyl sites for hydroxylation is 2. The minimum absolute atomic E-state index is 0.00620. The van der Waals surface area contributed by atoms with Gasteiger partial charge in [-0.05, 0) is 49.1 Å². The number of nitrogens with zero attached hydrogens (tertiary/aromatic N) is 2. The highest BCUT2D eigenvalue weighted by atomic mass is 16.5. The fourth-order valence-corrected chi connectivity index (χ4v) is 4.10. The lowest BCUT2D eigenvalue weighted by molar-refractivity contribution is -0.133. The van der Waals surface area contributed by atoms with Crippen LogP contribution < -0.4 is 4.74 Å². The van der Waals surface area contributed by atoms with Crippen molar-refractivity contribution in [3.63, 3.8) is 0 Å². The molecule has 0 spiro atoms. The minimum Gasteiger partial charge on any atom is -0.497 e. The third-order valence-electron chi connectivity index (χ3n) is 5.50. The van der Waals surface area contributed by atoms with Crippen LogP contribution in [-0.4, -0.2) is 23.7 Å². The summed E-state index contributed by atoms with van der Waals surface area (Å²) in [6, 6.07) is 14.7. The molecule has 4 nitrogen and oxygen atoms in total. The summed E-state index contributed by atoms with van der Waals surface area (Å²) in [7, 11) is 1.69. The molecule has 2 atom stereocenters. The van der Waals surface area contributed by atoms with E-state index in [1.54, 1.807) is 12.1 Å². The normalized spacial score (nSPS) is 21.0. The Labute approximate surface area is 154 Å². The maximum Gasteiger partial charge on any atom is 0.242 e. The summed E-state index contributed by atoms with van der Waals surface area (Å²) in [5.74, 6) is 1.19. The largest absolute Gasteiger partial charge is 0.497 e. The second kappa shape index (κ2) is 6.60. The molecule has 1 aliphatic heterocycles. The third-order valence-corrected chi connectivity index (χ3v) is 5.50. The Morgan fingerprint density at radius 1 is 1.23 bits per heavy atom. The molecule has 0 unspecified atom stereocenters. The molecule has 4 heteroatoms. The molecule has 4 rings (SSSR count). The number of fused-ring (bicyclic) bond motifs is 3. The van der Waals surface area contributed by atoms with Crippen molar-refractivity contribution in [1.29, 1.82) is 0 Å². The predicted molar refractivity (Wildman–Crippen MR) is 102 cm³/mol. The van der Waals surface area contributed by atoms with Gasteiger partial charge in [-0.3, -0.25) is 4.79 Å². The van der Waals surface area contributed by atoms with Crippen LogP contribution in [0.15, 0.2) is 47.6 Å². The van der Waals surface area contributed by atoms with Crippen LogP contribution in [-0.2, 0) is 11.2 Å². The number of rotatable bonds is 3. The maximum atomic E-state index is 12.6. The van der Waals surface area contributed by atoms with Crippen molar-refractivity contribution in [3.05, 3.63) is 64.7 Å². The molecule has 2 aromatic carbocycles. The fraction of sp³-hybridized carbons (Fsp3) is 0.364. The van der Waals surface area contributed by atoms with E-state index in [9.17, 15) is 4.79 Å². The summed E-state index contributed by atoms with van der Waals surface area (Å²) in [5.41, 5.74) is 5.85. The van der Waals surface area contributed by atoms with E-state index >= 15 is 0 Å². The zero-order valence-corrected chi connectivity index (χ0v) is 15.5. The van der Waals surface area contributed by atoms with Gasteiger partial charge in [-0.2, -0.15) is 5.10 Å². The van der Waals surface area contributed by atoms with Gasteiger partial charge in [0, 0.05) is 17.9 Å². The topological polar surface area (TPSA) is 41.9 Å².